The minimum absolute atomic E-state index is 0.0716. The zero-order valence-corrected chi connectivity index (χ0v) is 15.1. The Hall–Kier alpha value is -1.25. The van der Waals surface area contributed by atoms with E-state index in [2.05, 4.69) is 10.2 Å². The molecule has 0 saturated carbocycles. The topological polar surface area (TPSA) is 41.6 Å². The molecule has 4 nitrogen and oxygen atoms in total. The zero-order chi connectivity index (χ0) is 18.4. The number of morpholine rings is 1. The lowest BCUT2D eigenvalue weighted by atomic mass is 10.0. The molecule has 2 rings (SSSR count). The number of hydrogen-bond donors (Lipinski definition) is 1. The van der Waals surface area contributed by atoms with Crippen molar-refractivity contribution in [3.8, 4) is 0 Å². The summed E-state index contributed by atoms with van der Waals surface area (Å²) in [5.74, 6) is -0.0716. The summed E-state index contributed by atoms with van der Waals surface area (Å²) in [5.41, 5.74) is 0.0871. The molecule has 1 heterocycles. The first-order valence-electron chi connectivity index (χ1n) is 8.12. The van der Waals surface area contributed by atoms with Crippen LogP contribution in [-0.2, 0) is 15.7 Å². The number of hydrogen-bond acceptors (Lipinski definition) is 4. The van der Waals surface area contributed by atoms with Crippen molar-refractivity contribution in [3.05, 3.63) is 35.4 Å². The van der Waals surface area contributed by atoms with E-state index >= 15 is 0 Å². The molecule has 1 amide bonds. The Balaban J connectivity index is 2.14. The first kappa shape index (κ1) is 20.1. The van der Waals surface area contributed by atoms with Gasteiger partial charge in [-0.1, -0.05) is 12.1 Å². The van der Waals surface area contributed by atoms with Gasteiger partial charge in [-0.3, -0.25) is 9.69 Å². The maximum absolute atomic E-state index is 12.8. The standard InChI is InChI=1S/C17H23F3N2O2S/c1-12(25-2)16(23)21-11-15(22-7-9-24-10-8-22)13-3-5-14(6-4-13)17(18,19)20/h3-6,12,15H,7-11H2,1-2H3,(H,21,23)/t12-,15-/m0/s1. The summed E-state index contributed by atoms with van der Waals surface area (Å²) in [5, 5.41) is 2.74. The van der Waals surface area contributed by atoms with Crippen LogP contribution in [0, 0.1) is 0 Å². The highest BCUT2D eigenvalue weighted by molar-refractivity contribution is 7.99. The van der Waals surface area contributed by atoms with Crippen LogP contribution in [-0.4, -0.2) is 55.2 Å². The average molecular weight is 376 g/mol. The van der Waals surface area contributed by atoms with Crippen molar-refractivity contribution in [1.82, 2.24) is 10.2 Å². The summed E-state index contributed by atoms with van der Waals surface area (Å²) in [6, 6.07) is 4.99. The Morgan fingerprint density at radius 1 is 1.28 bits per heavy atom. The normalized spacial score (nSPS) is 18.6. The van der Waals surface area contributed by atoms with Crippen molar-refractivity contribution in [2.75, 3.05) is 39.1 Å². The van der Waals surface area contributed by atoms with Gasteiger partial charge in [-0.25, -0.2) is 0 Å². The van der Waals surface area contributed by atoms with Crippen molar-refractivity contribution in [1.29, 1.82) is 0 Å². The molecule has 8 heteroatoms. The third-order valence-corrected chi connectivity index (χ3v) is 5.22. The number of ether oxygens (including phenoxy) is 1. The fourth-order valence-corrected chi connectivity index (χ4v) is 2.99. The van der Waals surface area contributed by atoms with E-state index in [0.717, 1.165) is 17.7 Å². The van der Waals surface area contributed by atoms with Crippen LogP contribution in [0.15, 0.2) is 24.3 Å². The highest BCUT2D eigenvalue weighted by Crippen LogP contribution is 2.31. The molecule has 1 fully saturated rings. The lowest BCUT2D eigenvalue weighted by Crippen LogP contribution is -2.44. The molecule has 1 aromatic rings. The highest BCUT2D eigenvalue weighted by Gasteiger charge is 2.31. The fourth-order valence-electron chi connectivity index (χ4n) is 2.69. The monoisotopic (exact) mass is 376 g/mol. The van der Waals surface area contributed by atoms with E-state index in [1.807, 2.05) is 13.2 Å². The maximum atomic E-state index is 12.8. The summed E-state index contributed by atoms with van der Waals surface area (Å²) in [4.78, 5) is 14.2. The molecule has 25 heavy (non-hydrogen) atoms. The molecule has 0 unspecified atom stereocenters. The van der Waals surface area contributed by atoms with Crippen molar-refractivity contribution in [2.24, 2.45) is 0 Å². The molecule has 1 saturated heterocycles. The number of nitrogens with zero attached hydrogens (tertiary/aromatic N) is 1. The number of amides is 1. The van der Waals surface area contributed by atoms with E-state index < -0.39 is 11.7 Å². The summed E-state index contributed by atoms with van der Waals surface area (Å²) in [6.07, 6.45) is -2.49. The van der Waals surface area contributed by atoms with Crippen molar-refractivity contribution >= 4 is 17.7 Å². The molecule has 1 N–H and O–H groups in total. The number of alkyl halides is 3. The number of nitrogens with one attached hydrogen (secondary N) is 1. The molecule has 0 bridgehead atoms. The third kappa shape index (κ3) is 5.62. The van der Waals surface area contributed by atoms with E-state index in [1.54, 1.807) is 0 Å². The van der Waals surface area contributed by atoms with E-state index in [1.165, 1.54) is 23.9 Å². The first-order chi connectivity index (χ1) is 11.8. The van der Waals surface area contributed by atoms with Crippen molar-refractivity contribution in [2.45, 2.75) is 24.4 Å². The number of thioether (sulfide) groups is 1. The van der Waals surface area contributed by atoms with Crippen LogP contribution in [0.25, 0.3) is 0 Å². The number of halogens is 3. The molecule has 0 radical (unpaired) electrons. The third-order valence-electron chi connectivity index (χ3n) is 4.30. The molecular formula is C17H23F3N2O2S. The predicted octanol–water partition coefficient (Wildman–Crippen LogP) is 2.95. The quantitative estimate of drug-likeness (QED) is 0.829. The predicted molar refractivity (Wildman–Crippen MR) is 92.6 cm³/mol. The van der Waals surface area contributed by atoms with E-state index in [-0.39, 0.29) is 17.2 Å². The second-order valence-corrected chi connectivity index (χ2v) is 7.09. The maximum Gasteiger partial charge on any atom is 0.416 e. The Morgan fingerprint density at radius 2 is 1.88 bits per heavy atom. The molecule has 2 atom stereocenters. The molecular weight excluding hydrogens is 353 g/mol. The Kier molecular flexibility index (Phi) is 7.15. The molecule has 0 spiro atoms. The van der Waals surface area contributed by atoms with Crippen LogP contribution in [0.1, 0.15) is 24.1 Å². The lowest BCUT2D eigenvalue weighted by molar-refractivity contribution is -0.137. The molecule has 1 aliphatic rings. The molecule has 1 aliphatic heterocycles. The Labute approximate surface area is 150 Å². The van der Waals surface area contributed by atoms with Crippen LogP contribution in [0.4, 0.5) is 13.2 Å². The molecule has 140 valence electrons. The highest BCUT2D eigenvalue weighted by atomic mass is 32.2. The Bertz CT molecular complexity index is 560. The van der Waals surface area contributed by atoms with Gasteiger partial charge in [0.05, 0.1) is 30.1 Å². The summed E-state index contributed by atoms with van der Waals surface area (Å²) in [6.45, 7) is 4.69. The first-order valence-corrected chi connectivity index (χ1v) is 9.41. The number of carbonyl (C=O) groups is 1. The van der Waals surface area contributed by atoms with Gasteiger partial charge in [0.1, 0.15) is 0 Å². The molecule has 1 aromatic carbocycles. The van der Waals surface area contributed by atoms with Gasteiger partial charge in [0.15, 0.2) is 0 Å². The smallest absolute Gasteiger partial charge is 0.379 e. The molecule has 0 aromatic heterocycles. The van der Waals surface area contributed by atoms with Gasteiger partial charge in [-0.2, -0.15) is 24.9 Å². The van der Waals surface area contributed by atoms with Gasteiger partial charge in [0.25, 0.3) is 0 Å². The van der Waals surface area contributed by atoms with Crippen molar-refractivity contribution < 1.29 is 22.7 Å². The average Bonchev–Trinajstić information content (AvgIpc) is 2.61. The second kappa shape index (κ2) is 8.91. The van der Waals surface area contributed by atoms with Gasteiger partial charge in [0, 0.05) is 19.6 Å². The lowest BCUT2D eigenvalue weighted by Gasteiger charge is -2.35. The minimum atomic E-state index is -4.35. The SMILES string of the molecule is CS[C@@H](C)C(=O)NC[C@@H](c1ccc(C(F)(F)F)cc1)N1CCOCC1. The van der Waals surface area contributed by atoms with E-state index in [9.17, 15) is 18.0 Å². The zero-order valence-electron chi connectivity index (χ0n) is 14.3. The fraction of sp³-hybridized carbons (Fsp3) is 0.588. The summed E-state index contributed by atoms with van der Waals surface area (Å²) in [7, 11) is 0. The Morgan fingerprint density at radius 3 is 2.40 bits per heavy atom. The summed E-state index contributed by atoms with van der Waals surface area (Å²) < 4.78 is 43.7. The molecule has 0 aliphatic carbocycles. The van der Waals surface area contributed by atoms with Gasteiger partial charge < -0.3 is 10.1 Å². The van der Waals surface area contributed by atoms with Crippen LogP contribution >= 0.6 is 11.8 Å². The second-order valence-electron chi connectivity index (χ2n) is 5.91. The van der Waals surface area contributed by atoms with E-state index in [0.29, 0.717) is 32.8 Å². The van der Waals surface area contributed by atoms with Crippen LogP contribution in [0.3, 0.4) is 0 Å². The van der Waals surface area contributed by atoms with Crippen LogP contribution < -0.4 is 5.32 Å². The number of benzene rings is 1. The van der Waals surface area contributed by atoms with Gasteiger partial charge >= 0.3 is 6.18 Å². The van der Waals surface area contributed by atoms with Crippen molar-refractivity contribution in [3.63, 3.8) is 0 Å². The van der Waals surface area contributed by atoms with Crippen LogP contribution in [0.2, 0.25) is 0 Å². The van der Waals surface area contributed by atoms with Crippen LogP contribution in [0.5, 0.6) is 0 Å². The van der Waals surface area contributed by atoms with E-state index in [4.69, 9.17) is 4.74 Å². The van der Waals surface area contributed by atoms with Gasteiger partial charge in [-0.15, -0.1) is 0 Å². The minimum Gasteiger partial charge on any atom is -0.379 e. The number of rotatable bonds is 6. The van der Waals surface area contributed by atoms with Gasteiger partial charge in [0.2, 0.25) is 5.91 Å². The number of carbonyl (C=O) groups excluding carboxylic acids is 1. The van der Waals surface area contributed by atoms with Gasteiger partial charge in [-0.05, 0) is 30.9 Å². The summed E-state index contributed by atoms with van der Waals surface area (Å²) >= 11 is 1.45. The largest absolute Gasteiger partial charge is 0.416 e.